The zero-order valence-electron chi connectivity index (χ0n) is 18.8. The summed E-state index contributed by atoms with van der Waals surface area (Å²) in [7, 11) is 1.49. The second-order valence-corrected chi connectivity index (χ2v) is 7.28. The number of anilines is 2. The molecule has 0 radical (unpaired) electrons. The highest BCUT2D eigenvalue weighted by Gasteiger charge is 2.33. The second-order valence-electron chi connectivity index (χ2n) is 6.87. The molecule has 4 N–H and O–H groups in total. The Kier molecular flexibility index (Phi) is 9.62. The average Bonchev–Trinajstić information content (AvgIpc) is 2.80. The van der Waals surface area contributed by atoms with Gasteiger partial charge in [-0.25, -0.2) is 4.79 Å². The van der Waals surface area contributed by atoms with E-state index in [1.807, 2.05) is 0 Å². The number of carbonyl (C=O) groups excluding carboxylic acids is 2. The van der Waals surface area contributed by atoms with Crippen LogP contribution in [0.25, 0.3) is 0 Å². The summed E-state index contributed by atoms with van der Waals surface area (Å²) >= 11 is 5.57. The minimum Gasteiger partial charge on any atom is -0.481 e. The number of halogens is 4. The molecule has 0 fully saturated rings. The van der Waals surface area contributed by atoms with E-state index >= 15 is 0 Å². The number of aliphatic carboxylic acids is 1. The standard InChI is InChI=1S/C21H16ClF3N4O3.C2H4O2/c1-26-19(30)18-11-15(8-9-27-18)32-14-5-2-12(3-6-14)28-20(31)29-13-4-7-17(22)16(10-13)21(23,24)25;1-2(3)4/h2-11H,1H3,(H,26,30)(H2,28,29,31);1H3,(H,3,4). The number of alkyl halides is 3. The van der Waals surface area contributed by atoms with Crippen molar-refractivity contribution in [3.8, 4) is 11.5 Å². The fourth-order valence-corrected chi connectivity index (χ4v) is 2.81. The highest BCUT2D eigenvalue weighted by molar-refractivity contribution is 6.31. The lowest BCUT2D eigenvalue weighted by Crippen LogP contribution is -2.19. The molecule has 0 bridgehead atoms. The molecule has 3 aromatic rings. The smallest absolute Gasteiger partial charge is 0.417 e. The summed E-state index contributed by atoms with van der Waals surface area (Å²) in [6.07, 6.45) is -3.21. The molecule has 0 unspecified atom stereocenters. The number of carboxylic acid groups (broad SMARTS) is 1. The minimum absolute atomic E-state index is 0.0659. The number of amides is 3. The lowest BCUT2D eigenvalue weighted by Gasteiger charge is -2.12. The van der Waals surface area contributed by atoms with E-state index < -0.39 is 28.8 Å². The third-order valence-corrected chi connectivity index (χ3v) is 4.40. The van der Waals surface area contributed by atoms with Gasteiger partial charge in [-0.05, 0) is 48.5 Å². The Balaban J connectivity index is 0.00000106. The van der Waals surface area contributed by atoms with E-state index in [-0.39, 0.29) is 17.3 Å². The molecule has 0 aliphatic rings. The highest BCUT2D eigenvalue weighted by Crippen LogP contribution is 2.36. The van der Waals surface area contributed by atoms with Gasteiger partial charge in [0.15, 0.2) is 0 Å². The molecule has 0 spiro atoms. The molecule has 1 heterocycles. The molecule has 0 saturated heterocycles. The molecular formula is C23H20ClF3N4O5. The van der Waals surface area contributed by atoms with Gasteiger partial charge in [0.25, 0.3) is 11.9 Å². The first-order valence-corrected chi connectivity index (χ1v) is 10.4. The molecule has 9 nitrogen and oxygen atoms in total. The number of nitrogens with one attached hydrogen (secondary N) is 3. The number of hydrogen-bond acceptors (Lipinski definition) is 5. The number of nitrogens with zero attached hydrogens (tertiary/aromatic N) is 1. The largest absolute Gasteiger partial charge is 0.481 e. The van der Waals surface area contributed by atoms with Crippen LogP contribution in [0, 0.1) is 0 Å². The van der Waals surface area contributed by atoms with Crippen molar-refractivity contribution in [1.29, 1.82) is 0 Å². The number of urea groups is 1. The summed E-state index contributed by atoms with van der Waals surface area (Å²) in [6, 6.07) is 11.6. The van der Waals surface area contributed by atoms with Crippen LogP contribution in [0.3, 0.4) is 0 Å². The quantitative estimate of drug-likeness (QED) is 0.342. The van der Waals surface area contributed by atoms with Crippen LogP contribution in [-0.4, -0.2) is 35.0 Å². The van der Waals surface area contributed by atoms with Gasteiger partial charge in [0.2, 0.25) is 0 Å². The summed E-state index contributed by atoms with van der Waals surface area (Å²) in [4.78, 5) is 36.7. The number of carboxylic acids is 1. The predicted octanol–water partition coefficient (Wildman–Crippen LogP) is 5.64. The first-order chi connectivity index (χ1) is 16.9. The predicted molar refractivity (Wildman–Crippen MR) is 127 cm³/mol. The van der Waals surface area contributed by atoms with E-state index in [4.69, 9.17) is 26.2 Å². The lowest BCUT2D eigenvalue weighted by molar-refractivity contribution is -0.137. The third-order valence-electron chi connectivity index (χ3n) is 4.07. The van der Waals surface area contributed by atoms with Gasteiger partial charge in [0.1, 0.15) is 17.2 Å². The van der Waals surface area contributed by atoms with Gasteiger partial charge in [-0.2, -0.15) is 13.2 Å². The Bertz CT molecular complexity index is 1230. The van der Waals surface area contributed by atoms with Crippen LogP contribution in [0.1, 0.15) is 23.0 Å². The topological polar surface area (TPSA) is 130 Å². The zero-order valence-corrected chi connectivity index (χ0v) is 19.6. The van der Waals surface area contributed by atoms with Crippen molar-refractivity contribution in [3.05, 3.63) is 77.1 Å². The van der Waals surface area contributed by atoms with Gasteiger partial charge in [0, 0.05) is 37.6 Å². The fraction of sp³-hybridized carbons (Fsp3) is 0.130. The molecule has 0 atom stereocenters. The molecule has 0 aliphatic carbocycles. The molecule has 0 aliphatic heterocycles. The van der Waals surface area contributed by atoms with Gasteiger partial charge < -0.3 is 25.8 Å². The number of hydrogen-bond donors (Lipinski definition) is 4. The van der Waals surface area contributed by atoms with Crippen molar-refractivity contribution in [2.24, 2.45) is 0 Å². The van der Waals surface area contributed by atoms with Crippen LogP contribution >= 0.6 is 11.6 Å². The molecule has 36 heavy (non-hydrogen) atoms. The van der Waals surface area contributed by atoms with Crippen LogP contribution in [0.15, 0.2) is 60.8 Å². The number of rotatable bonds is 5. The van der Waals surface area contributed by atoms with Crippen molar-refractivity contribution < 1.29 is 37.4 Å². The number of aromatic nitrogens is 1. The van der Waals surface area contributed by atoms with Crippen molar-refractivity contribution in [3.63, 3.8) is 0 Å². The molecule has 3 rings (SSSR count). The summed E-state index contributed by atoms with van der Waals surface area (Å²) < 4.78 is 44.5. The van der Waals surface area contributed by atoms with E-state index in [0.29, 0.717) is 17.2 Å². The molecule has 1 aromatic heterocycles. The summed E-state index contributed by atoms with van der Waals surface area (Å²) in [6.45, 7) is 1.08. The maximum atomic E-state index is 12.9. The second kappa shape index (κ2) is 12.4. The normalized spacial score (nSPS) is 10.4. The maximum Gasteiger partial charge on any atom is 0.417 e. The number of carbonyl (C=O) groups is 3. The molecule has 3 amide bonds. The van der Waals surface area contributed by atoms with Crippen molar-refractivity contribution in [1.82, 2.24) is 10.3 Å². The van der Waals surface area contributed by atoms with Crippen LogP contribution in [0.5, 0.6) is 11.5 Å². The molecular weight excluding hydrogens is 505 g/mol. The number of ether oxygens (including phenoxy) is 1. The van der Waals surface area contributed by atoms with Crippen LogP contribution in [0.2, 0.25) is 5.02 Å². The lowest BCUT2D eigenvalue weighted by atomic mass is 10.2. The van der Waals surface area contributed by atoms with Gasteiger partial charge in [-0.3, -0.25) is 14.6 Å². The van der Waals surface area contributed by atoms with Gasteiger partial charge in [0.05, 0.1) is 10.6 Å². The maximum absolute atomic E-state index is 12.9. The first-order valence-electron chi connectivity index (χ1n) is 9.99. The highest BCUT2D eigenvalue weighted by atomic mass is 35.5. The van der Waals surface area contributed by atoms with E-state index in [1.54, 1.807) is 30.3 Å². The Hall–Kier alpha value is -4.32. The Morgan fingerprint density at radius 1 is 0.944 bits per heavy atom. The Labute approximate surface area is 208 Å². The molecule has 13 heteroatoms. The molecule has 2 aromatic carbocycles. The fourth-order valence-electron chi connectivity index (χ4n) is 2.58. The number of benzene rings is 2. The Morgan fingerprint density at radius 3 is 2.11 bits per heavy atom. The minimum atomic E-state index is -4.64. The summed E-state index contributed by atoms with van der Waals surface area (Å²) in [5.41, 5.74) is -0.547. The van der Waals surface area contributed by atoms with Crippen molar-refractivity contribution >= 4 is 40.9 Å². The van der Waals surface area contributed by atoms with Crippen molar-refractivity contribution in [2.45, 2.75) is 13.1 Å². The first kappa shape index (κ1) is 27.9. The molecule has 190 valence electrons. The van der Waals surface area contributed by atoms with E-state index in [0.717, 1.165) is 19.1 Å². The van der Waals surface area contributed by atoms with Gasteiger partial charge in [-0.15, -0.1) is 0 Å². The van der Waals surface area contributed by atoms with Crippen LogP contribution in [-0.2, 0) is 11.0 Å². The van der Waals surface area contributed by atoms with Gasteiger partial charge in [-0.1, -0.05) is 11.6 Å². The van der Waals surface area contributed by atoms with Crippen LogP contribution < -0.4 is 20.7 Å². The zero-order chi connectivity index (χ0) is 26.9. The van der Waals surface area contributed by atoms with Crippen molar-refractivity contribution in [2.75, 3.05) is 17.7 Å². The van der Waals surface area contributed by atoms with E-state index in [9.17, 15) is 22.8 Å². The summed E-state index contributed by atoms with van der Waals surface area (Å²) in [5, 5.41) is 14.2. The number of pyridine rings is 1. The monoisotopic (exact) mass is 524 g/mol. The third kappa shape index (κ3) is 8.80. The Morgan fingerprint density at radius 2 is 1.53 bits per heavy atom. The average molecular weight is 525 g/mol. The summed E-state index contributed by atoms with van der Waals surface area (Å²) in [5.74, 6) is -0.373. The van der Waals surface area contributed by atoms with Gasteiger partial charge >= 0.3 is 12.2 Å². The van der Waals surface area contributed by atoms with E-state index in [2.05, 4.69) is 20.9 Å². The SMILES string of the molecule is CC(=O)O.CNC(=O)c1cc(Oc2ccc(NC(=O)Nc3ccc(Cl)c(C(F)(F)F)c3)cc2)ccn1. The molecule has 0 saturated carbocycles. The van der Waals surface area contributed by atoms with Crippen LogP contribution in [0.4, 0.5) is 29.3 Å². The van der Waals surface area contributed by atoms with E-state index in [1.165, 1.54) is 25.4 Å².